The quantitative estimate of drug-likeness (QED) is 0.865. The van der Waals surface area contributed by atoms with Crippen LogP contribution in [0.1, 0.15) is 30.5 Å². The maximum atomic E-state index is 14.1. The van der Waals surface area contributed by atoms with Gasteiger partial charge < -0.3 is 5.32 Å². The van der Waals surface area contributed by atoms with Crippen molar-refractivity contribution in [1.82, 2.24) is 10.3 Å². The average molecular weight is 293 g/mol. The molecule has 106 valence electrons. The summed E-state index contributed by atoms with van der Waals surface area (Å²) >= 11 is 5.82. The third-order valence-electron chi connectivity index (χ3n) is 3.17. The van der Waals surface area contributed by atoms with Crippen LogP contribution in [0.5, 0.6) is 0 Å². The molecule has 0 amide bonds. The van der Waals surface area contributed by atoms with E-state index in [1.807, 2.05) is 12.1 Å². The molecular formula is C16H18ClFN2. The van der Waals surface area contributed by atoms with E-state index in [4.69, 9.17) is 11.6 Å². The van der Waals surface area contributed by atoms with Gasteiger partial charge in [0.1, 0.15) is 5.82 Å². The van der Waals surface area contributed by atoms with Crippen LogP contribution in [0.25, 0.3) is 0 Å². The molecule has 1 N–H and O–H groups in total. The first-order chi connectivity index (χ1) is 9.70. The van der Waals surface area contributed by atoms with Crippen molar-refractivity contribution in [3.05, 3.63) is 64.7 Å². The van der Waals surface area contributed by atoms with Crippen LogP contribution in [-0.4, -0.2) is 11.5 Å². The standard InChI is InChI=1S/C16H18ClFN2/c1-2-7-20-16(10-12-5-8-19-9-6-12)14-4-3-13(17)11-15(14)18/h3-6,8-9,11,16,20H,2,7,10H2,1H3. The first-order valence-electron chi connectivity index (χ1n) is 6.78. The van der Waals surface area contributed by atoms with E-state index < -0.39 is 0 Å². The van der Waals surface area contributed by atoms with Gasteiger partial charge in [-0.3, -0.25) is 4.98 Å². The van der Waals surface area contributed by atoms with Gasteiger partial charge in [-0.1, -0.05) is 24.6 Å². The summed E-state index contributed by atoms with van der Waals surface area (Å²) in [6.45, 7) is 2.94. The fourth-order valence-electron chi connectivity index (χ4n) is 2.15. The molecule has 1 unspecified atom stereocenters. The van der Waals surface area contributed by atoms with E-state index >= 15 is 0 Å². The van der Waals surface area contributed by atoms with Gasteiger partial charge in [0, 0.05) is 29.0 Å². The van der Waals surface area contributed by atoms with Crippen molar-refractivity contribution >= 4 is 11.6 Å². The van der Waals surface area contributed by atoms with Gasteiger partial charge in [-0.25, -0.2) is 4.39 Å². The lowest BCUT2D eigenvalue weighted by molar-refractivity contribution is 0.497. The number of hydrogen-bond donors (Lipinski definition) is 1. The van der Waals surface area contributed by atoms with Crippen LogP contribution in [0.2, 0.25) is 5.02 Å². The van der Waals surface area contributed by atoms with Gasteiger partial charge in [-0.15, -0.1) is 0 Å². The molecule has 0 radical (unpaired) electrons. The largest absolute Gasteiger partial charge is 0.310 e. The Hall–Kier alpha value is -1.45. The van der Waals surface area contributed by atoms with E-state index in [2.05, 4.69) is 17.2 Å². The van der Waals surface area contributed by atoms with Crippen LogP contribution in [0, 0.1) is 5.82 Å². The SMILES string of the molecule is CCCNC(Cc1ccncc1)c1ccc(Cl)cc1F. The minimum absolute atomic E-state index is 0.0605. The van der Waals surface area contributed by atoms with Crippen LogP contribution in [0.3, 0.4) is 0 Å². The van der Waals surface area contributed by atoms with Gasteiger partial charge in [0.25, 0.3) is 0 Å². The van der Waals surface area contributed by atoms with E-state index in [-0.39, 0.29) is 11.9 Å². The summed E-state index contributed by atoms with van der Waals surface area (Å²) in [6, 6.07) is 8.70. The molecule has 1 aromatic carbocycles. The Balaban J connectivity index is 2.22. The third-order valence-corrected chi connectivity index (χ3v) is 3.40. The van der Waals surface area contributed by atoms with Gasteiger partial charge in [0.15, 0.2) is 0 Å². The second kappa shape index (κ2) is 7.36. The van der Waals surface area contributed by atoms with E-state index in [1.54, 1.807) is 24.5 Å². The first-order valence-corrected chi connectivity index (χ1v) is 7.15. The Kier molecular flexibility index (Phi) is 5.50. The van der Waals surface area contributed by atoms with Crippen LogP contribution < -0.4 is 5.32 Å². The fourth-order valence-corrected chi connectivity index (χ4v) is 2.31. The molecule has 1 heterocycles. The highest BCUT2D eigenvalue weighted by Gasteiger charge is 2.16. The monoisotopic (exact) mass is 292 g/mol. The summed E-state index contributed by atoms with van der Waals surface area (Å²) in [5.74, 6) is -0.264. The van der Waals surface area contributed by atoms with Crippen molar-refractivity contribution in [3.63, 3.8) is 0 Å². The molecule has 2 rings (SSSR count). The minimum atomic E-state index is -0.264. The molecule has 1 atom stereocenters. The molecule has 2 aromatic rings. The third kappa shape index (κ3) is 4.02. The Bertz CT molecular complexity index is 545. The maximum absolute atomic E-state index is 14.1. The van der Waals surface area contributed by atoms with Crippen molar-refractivity contribution in [2.45, 2.75) is 25.8 Å². The number of halogens is 2. The van der Waals surface area contributed by atoms with Crippen molar-refractivity contribution in [1.29, 1.82) is 0 Å². The number of nitrogens with zero attached hydrogens (tertiary/aromatic N) is 1. The number of pyridine rings is 1. The molecule has 2 nitrogen and oxygen atoms in total. The van der Waals surface area contributed by atoms with Crippen molar-refractivity contribution in [3.8, 4) is 0 Å². The summed E-state index contributed by atoms with van der Waals surface area (Å²) in [5.41, 5.74) is 1.78. The number of benzene rings is 1. The average Bonchev–Trinajstić information content (AvgIpc) is 2.45. The highest BCUT2D eigenvalue weighted by molar-refractivity contribution is 6.30. The van der Waals surface area contributed by atoms with E-state index in [1.165, 1.54) is 6.07 Å². The number of nitrogens with one attached hydrogen (secondary N) is 1. The van der Waals surface area contributed by atoms with Crippen molar-refractivity contribution in [2.24, 2.45) is 0 Å². The molecule has 0 saturated carbocycles. The zero-order chi connectivity index (χ0) is 14.4. The molecule has 0 saturated heterocycles. The van der Waals surface area contributed by atoms with Gasteiger partial charge in [0.2, 0.25) is 0 Å². The minimum Gasteiger partial charge on any atom is -0.310 e. The van der Waals surface area contributed by atoms with E-state index in [0.29, 0.717) is 10.6 Å². The lowest BCUT2D eigenvalue weighted by Crippen LogP contribution is -2.25. The number of rotatable bonds is 6. The Morgan fingerprint density at radius 3 is 2.65 bits per heavy atom. The number of aromatic nitrogens is 1. The lowest BCUT2D eigenvalue weighted by Gasteiger charge is -2.20. The van der Waals surface area contributed by atoms with Gasteiger partial charge in [0.05, 0.1) is 0 Å². The predicted molar refractivity (Wildman–Crippen MR) is 80.4 cm³/mol. The van der Waals surface area contributed by atoms with E-state index in [9.17, 15) is 4.39 Å². The van der Waals surface area contributed by atoms with Gasteiger partial charge in [-0.05, 0) is 49.2 Å². The Morgan fingerprint density at radius 2 is 2.00 bits per heavy atom. The molecule has 0 spiro atoms. The Labute approximate surface area is 124 Å². The summed E-state index contributed by atoms with van der Waals surface area (Å²) in [4.78, 5) is 4.00. The summed E-state index contributed by atoms with van der Waals surface area (Å²) < 4.78 is 14.1. The molecular weight excluding hydrogens is 275 g/mol. The summed E-state index contributed by atoms with van der Waals surface area (Å²) in [5, 5.41) is 3.81. The summed E-state index contributed by atoms with van der Waals surface area (Å²) in [7, 11) is 0. The molecule has 4 heteroatoms. The molecule has 1 aromatic heterocycles. The normalized spacial score (nSPS) is 12.3. The summed E-state index contributed by atoms with van der Waals surface area (Å²) in [6.07, 6.45) is 5.23. The van der Waals surface area contributed by atoms with Crippen LogP contribution in [-0.2, 0) is 6.42 Å². The molecule has 0 bridgehead atoms. The van der Waals surface area contributed by atoms with Gasteiger partial charge in [-0.2, -0.15) is 0 Å². The molecule has 0 aliphatic rings. The Morgan fingerprint density at radius 1 is 1.25 bits per heavy atom. The second-order valence-corrected chi connectivity index (χ2v) is 5.17. The van der Waals surface area contributed by atoms with Crippen LogP contribution >= 0.6 is 11.6 Å². The smallest absolute Gasteiger partial charge is 0.129 e. The van der Waals surface area contributed by atoms with E-state index in [0.717, 1.165) is 24.9 Å². The van der Waals surface area contributed by atoms with Crippen molar-refractivity contribution < 1.29 is 4.39 Å². The zero-order valence-electron chi connectivity index (χ0n) is 11.4. The lowest BCUT2D eigenvalue weighted by atomic mass is 9.99. The zero-order valence-corrected chi connectivity index (χ0v) is 12.2. The van der Waals surface area contributed by atoms with Crippen LogP contribution in [0.4, 0.5) is 4.39 Å². The predicted octanol–water partition coefficient (Wildman–Crippen LogP) is 4.16. The molecule has 0 aliphatic heterocycles. The molecule has 0 fully saturated rings. The fraction of sp³-hybridized carbons (Fsp3) is 0.312. The van der Waals surface area contributed by atoms with Crippen molar-refractivity contribution in [2.75, 3.05) is 6.54 Å². The number of hydrogen-bond acceptors (Lipinski definition) is 2. The maximum Gasteiger partial charge on any atom is 0.129 e. The second-order valence-electron chi connectivity index (χ2n) is 4.73. The topological polar surface area (TPSA) is 24.9 Å². The van der Waals surface area contributed by atoms with Crippen LogP contribution in [0.15, 0.2) is 42.7 Å². The molecule has 20 heavy (non-hydrogen) atoms. The highest BCUT2D eigenvalue weighted by atomic mass is 35.5. The highest BCUT2D eigenvalue weighted by Crippen LogP contribution is 2.23. The first kappa shape index (κ1) is 14.9. The molecule has 0 aliphatic carbocycles. The van der Waals surface area contributed by atoms with Gasteiger partial charge >= 0.3 is 0 Å².